The van der Waals surface area contributed by atoms with E-state index in [-0.39, 0.29) is 12.6 Å². The fraction of sp³-hybridized carbons (Fsp3) is 0.200. The van der Waals surface area contributed by atoms with Crippen LogP contribution in [0.15, 0.2) is 42.7 Å². The van der Waals surface area contributed by atoms with Crippen LogP contribution < -0.4 is 9.47 Å². The zero-order chi connectivity index (χ0) is 13.1. The van der Waals surface area contributed by atoms with Crippen molar-refractivity contribution in [2.45, 2.75) is 12.8 Å². The third-order valence-electron chi connectivity index (χ3n) is 2.96. The summed E-state index contributed by atoms with van der Waals surface area (Å²) in [4.78, 5) is 16.0. The van der Waals surface area contributed by atoms with Gasteiger partial charge in [-0.2, -0.15) is 0 Å². The summed E-state index contributed by atoms with van der Waals surface area (Å²) in [5, 5.41) is 0. The molecule has 1 aromatic heterocycles. The number of benzene rings is 1. The highest BCUT2D eigenvalue weighted by Gasteiger charge is 2.14. The Morgan fingerprint density at radius 1 is 1.11 bits per heavy atom. The third kappa shape index (κ3) is 2.73. The van der Waals surface area contributed by atoms with Gasteiger partial charge in [0, 0.05) is 25.2 Å². The molecule has 1 aromatic carbocycles. The van der Waals surface area contributed by atoms with Crippen molar-refractivity contribution in [1.82, 2.24) is 4.98 Å². The summed E-state index contributed by atoms with van der Waals surface area (Å²) in [5.74, 6) is 1.61. The van der Waals surface area contributed by atoms with E-state index in [1.807, 2.05) is 30.3 Å². The fourth-order valence-corrected chi connectivity index (χ4v) is 2.07. The minimum absolute atomic E-state index is 0.159. The number of fused-ring (bicyclic) bond motifs is 1. The molecule has 2 heterocycles. The molecule has 0 unspecified atom stereocenters. The SMILES string of the molecule is O=C(Cc1cccnc1)Cc1ccc2c(c1)OCO2. The minimum Gasteiger partial charge on any atom is -0.454 e. The van der Waals surface area contributed by atoms with Gasteiger partial charge in [0.15, 0.2) is 11.5 Å². The van der Waals surface area contributed by atoms with Crippen molar-refractivity contribution in [3.63, 3.8) is 0 Å². The minimum atomic E-state index is 0.159. The standard InChI is InChI=1S/C15H13NO3/c17-13(7-12-2-1-5-16-9-12)6-11-3-4-14-15(8-11)19-10-18-14/h1-5,8-9H,6-7,10H2. The van der Waals surface area contributed by atoms with E-state index in [0.29, 0.717) is 18.6 Å². The van der Waals surface area contributed by atoms with Gasteiger partial charge >= 0.3 is 0 Å². The van der Waals surface area contributed by atoms with Crippen LogP contribution in [0.1, 0.15) is 11.1 Å². The second kappa shape index (κ2) is 5.10. The predicted octanol–water partition coefficient (Wildman–Crippen LogP) is 2.16. The van der Waals surface area contributed by atoms with E-state index in [9.17, 15) is 4.79 Å². The number of aromatic nitrogens is 1. The van der Waals surface area contributed by atoms with Gasteiger partial charge in [-0.3, -0.25) is 9.78 Å². The molecule has 4 nitrogen and oxygen atoms in total. The first kappa shape index (κ1) is 11.7. The van der Waals surface area contributed by atoms with Gasteiger partial charge in [-0.05, 0) is 29.3 Å². The van der Waals surface area contributed by atoms with Crippen LogP contribution >= 0.6 is 0 Å². The number of Topliss-reactive ketones (excluding diaryl/α,β-unsaturated/α-hetero) is 1. The molecule has 0 atom stereocenters. The number of nitrogens with zero attached hydrogens (tertiary/aromatic N) is 1. The van der Waals surface area contributed by atoms with E-state index in [1.54, 1.807) is 12.4 Å². The Labute approximate surface area is 111 Å². The summed E-state index contributed by atoms with van der Waals surface area (Å²) in [6.45, 7) is 0.252. The molecular weight excluding hydrogens is 242 g/mol. The Morgan fingerprint density at radius 3 is 2.79 bits per heavy atom. The van der Waals surface area contributed by atoms with Crippen molar-refractivity contribution in [1.29, 1.82) is 0 Å². The molecule has 1 aliphatic heterocycles. The molecule has 0 fully saturated rings. The maximum atomic E-state index is 12.0. The van der Waals surface area contributed by atoms with Crippen molar-refractivity contribution in [3.8, 4) is 11.5 Å². The second-order valence-corrected chi connectivity index (χ2v) is 4.44. The van der Waals surface area contributed by atoms with E-state index < -0.39 is 0 Å². The maximum absolute atomic E-state index is 12.0. The lowest BCUT2D eigenvalue weighted by Gasteiger charge is -2.03. The van der Waals surface area contributed by atoms with Gasteiger partial charge < -0.3 is 9.47 Å². The second-order valence-electron chi connectivity index (χ2n) is 4.44. The normalized spacial score (nSPS) is 12.4. The first-order valence-corrected chi connectivity index (χ1v) is 6.10. The van der Waals surface area contributed by atoms with Crippen LogP contribution in [0.2, 0.25) is 0 Å². The van der Waals surface area contributed by atoms with E-state index in [1.165, 1.54) is 0 Å². The number of hydrogen-bond donors (Lipinski definition) is 0. The third-order valence-corrected chi connectivity index (χ3v) is 2.96. The molecule has 0 saturated carbocycles. The highest BCUT2D eigenvalue weighted by atomic mass is 16.7. The van der Waals surface area contributed by atoms with E-state index >= 15 is 0 Å². The Balaban J connectivity index is 1.66. The highest BCUT2D eigenvalue weighted by Crippen LogP contribution is 2.32. The van der Waals surface area contributed by atoms with E-state index in [0.717, 1.165) is 16.9 Å². The molecule has 0 bridgehead atoms. The van der Waals surface area contributed by atoms with E-state index in [2.05, 4.69) is 4.98 Å². The van der Waals surface area contributed by atoms with Crippen molar-refractivity contribution in [3.05, 3.63) is 53.9 Å². The maximum Gasteiger partial charge on any atom is 0.231 e. The Hall–Kier alpha value is -2.36. The molecule has 2 aromatic rings. The van der Waals surface area contributed by atoms with Gasteiger partial charge in [0.05, 0.1) is 0 Å². The van der Waals surface area contributed by atoms with Crippen LogP contribution in [0, 0.1) is 0 Å². The molecule has 0 aliphatic carbocycles. The van der Waals surface area contributed by atoms with Crippen LogP contribution in [0.5, 0.6) is 11.5 Å². The summed E-state index contributed by atoms with van der Waals surface area (Å²) in [6, 6.07) is 9.35. The molecule has 3 rings (SSSR count). The quantitative estimate of drug-likeness (QED) is 0.840. The molecule has 19 heavy (non-hydrogen) atoms. The molecule has 4 heteroatoms. The summed E-state index contributed by atoms with van der Waals surface area (Å²) in [6.07, 6.45) is 4.22. The van der Waals surface area contributed by atoms with Gasteiger partial charge in [-0.1, -0.05) is 12.1 Å². The topological polar surface area (TPSA) is 48.4 Å². The van der Waals surface area contributed by atoms with Gasteiger partial charge in [0.2, 0.25) is 6.79 Å². The number of pyridine rings is 1. The zero-order valence-corrected chi connectivity index (χ0v) is 10.3. The van der Waals surface area contributed by atoms with Crippen molar-refractivity contribution >= 4 is 5.78 Å². The van der Waals surface area contributed by atoms with Crippen LogP contribution in [-0.2, 0) is 17.6 Å². The number of ether oxygens (including phenoxy) is 2. The lowest BCUT2D eigenvalue weighted by atomic mass is 10.0. The number of rotatable bonds is 4. The van der Waals surface area contributed by atoms with Crippen LogP contribution in [0.4, 0.5) is 0 Å². The molecular formula is C15H13NO3. The van der Waals surface area contributed by atoms with Crippen molar-refractivity contribution in [2.24, 2.45) is 0 Å². The van der Waals surface area contributed by atoms with Crippen LogP contribution in [-0.4, -0.2) is 17.6 Å². The first-order valence-electron chi connectivity index (χ1n) is 6.10. The molecule has 96 valence electrons. The Kier molecular flexibility index (Phi) is 3.14. The molecule has 0 spiro atoms. The van der Waals surface area contributed by atoms with Gasteiger partial charge in [0.1, 0.15) is 5.78 Å². The zero-order valence-electron chi connectivity index (χ0n) is 10.3. The average Bonchev–Trinajstić information content (AvgIpc) is 2.87. The van der Waals surface area contributed by atoms with Gasteiger partial charge in [-0.15, -0.1) is 0 Å². The smallest absolute Gasteiger partial charge is 0.231 e. The Bertz CT molecular complexity index is 596. The lowest BCUT2D eigenvalue weighted by Crippen LogP contribution is -2.06. The van der Waals surface area contributed by atoms with E-state index in [4.69, 9.17) is 9.47 Å². The number of ketones is 1. The molecule has 1 aliphatic rings. The largest absolute Gasteiger partial charge is 0.454 e. The lowest BCUT2D eigenvalue weighted by molar-refractivity contribution is -0.117. The molecule has 0 saturated heterocycles. The summed E-state index contributed by atoms with van der Waals surface area (Å²) in [7, 11) is 0. The first-order chi connectivity index (χ1) is 9.31. The van der Waals surface area contributed by atoms with Crippen LogP contribution in [0.25, 0.3) is 0 Å². The molecule has 0 N–H and O–H groups in total. The monoisotopic (exact) mass is 255 g/mol. The highest BCUT2D eigenvalue weighted by molar-refractivity contribution is 5.83. The molecule has 0 radical (unpaired) electrons. The predicted molar refractivity (Wildman–Crippen MR) is 69.2 cm³/mol. The number of carbonyl (C=O) groups is 1. The summed E-state index contributed by atoms with van der Waals surface area (Å²) < 4.78 is 10.5. The number of carbonyl (C=O) groups excluding carboxylic acids is 1. The summed E-state index contributed by atoms with van der Waals surface area (Å²) in [5.41, 5.74) is 1.88. The average molecular weight is 255 g/mol. The van der Waals surface area contributed by atoms with Gasteiger partial charge in [-0.25, -0.2) is 0 Å². The van der Waals surface area contributed by atoms with Crippen LogP contribution in [0.3, 0.4) is 0 Å². The van der Waals surface area contributed by atoms with Crippen molar-refractivity contribution < 1.29 is 14.3 Å². The van der Waals surface area contributed by atoms with Crippen molar-refractivity contribution in [2.75, 3.05) is 6.79 Å². The van der Waals surface area contributed by atoms with Gasteiger partial charge in [0.25, 0.3) is 0 Å². The fourth-order valence-electron chi connectivity index (χ4n) is 2.07. The Morgan fingerprint density at radius 2 is 1.95 bits per heavy atom. The molecule has 0 amide bonds. The summed E-state index contributed by atoms with van der Waals surface area (Å²) >= 11 is 0. The number of hydrogen-bond acceptors (Lipinski definition) is 4.